The van der Waals surface area contributed by atoms with E-state index >= 15 is 0 Å². The second kappa shape index (κ2) is 7.92. The molecule has 2 aromatic heterocycles. The third kappa shape index (κ3) is 4.07. The van der Waals surface area contributed by atoms with E-state index in [-0.39, 0.29) is 17.6 Å². The van der Waals surface area contributed by atoms with E-state index in [1.807, 2.05) is 24.3 Å². The van der Waals surface area contributed by atoms with E-state index in [1.165, 1.54) is 10.7 Å². The van der Waals surface area contributed by atoms with Gasteiger partial charge in [-0.15, -0.1) is 5.10 Å². The van der Waals surface area contributed by atoms with Crippen molar-refractivity contribution in [2.45, 2.75) is 31.4 Å². The van der Waals surface area contributed by atoms with E-state index in [2.05, 4.69) is 15.1 Å². The van der Waals surface area contributed by atoms with Crippen LogP contribution in [0.1, 0.15) is 35.8 Å². The van der Waals surface area contributed by atoms with Gasteiger partial charge in [0.2, 0.25) is 5.91 Å². The molecule has 0 atom stereocenters. The van der Waals surface area contributed by atoms with Gasteiger partial charge in [0.1, 0.15) is 5.75 Å². The summed E-state index contributed by atoms with van der Waals surface area (Å²) < 4.78 is 45.1. The first-order chi connectivity index (χ1) is 14.3. The van der Waals surface area contributed by atoms with Crippen molar-refractivity contribution >= 4 is 11.7 Å². The van der Waals surface area contributed by atoms with Crippen molar-refractivity contribution in [2.24, 2.45) is 0 Å². The number of aromatic nitrogens is 4. The number of likely N-dealkylation sites (tertiary alicyclic amines) is 1. The van der Waals surface area contributed by atoms with E-state index < -0.39 is 12.0 Å². The van der Waals surface area contributed by atoms with Crippen molar-refractivity contribution in [3.8, 4) is 5.75 Å². The minimum atomic E-state index is -4.62. The lowest BCUT2D eigenvalue weighted by Crippen LogP contribution is -2.39. The normalized spacial score (nSPS) is 15.5. The molecule has 1 saturated heterocycles. The van der Waals surface area contributed by atoms with Crippen LogP contribution in [0.3, 0.4) is 0 Å². The Kier molecular flexibility index (Phi) is 5.31. The van der Waals surface area contributed by atoms with Crippen LogP contribution in [-0.2, 0) is 17.4 Å². The van der Waals surface area contributed by atoms with Gasteiger partial charge in [0.25, 0.3) is 11.6 Å². The molecular formula is C20H20F3N5O2. The molecule has 3 heterocycles. The molecule has 158 valence electrons. The monoisotopic (exact) mass is 419 g/mol. The van der Waals surface area contributed by atoms with Crippen LogP contribution >= 0.6 is 0 Å². The number of halogens is 3. The van der Waals surface area contributed by atoms with Crippen LogP contribution in [-0.4, -0.2) is 50.6 Å². The van der Waals surface area contributed by atoms with E-state index in [0.717, 1.165) is 11.3 Å². The SMILES string of the molecule is COc1ccc(CC(=O)N2CCC(c3ccnc4nc(C(F)(F)F)nn34)CC2)cc1. The Bertz CT molecular complexity index is 1040. The highest BCUT2D eigenvalue weighted by atomic mass is 19.4. The predicted molar refractivity (Wildman–Crippen MR) is 101 cm³/mol. The Morgan fingerprint density at radius 1 is 1.17 bits per heavy atom. The van der Waals surface area contributed by atoms with Crippen LogP contribution in [0.2, 0.25) is 0 Å². The van der Waals surface area contributed by atoms with Crippen LogP contribution in [0.25, 0.3) is 5.78 Å². The minimum absolute atomic E-state index is 0.0247. The number of fused-ring (bicyclic) bond motifs is 1. The van der Waals surface area contributed by atoms with Crippen LogP contribution in [0.4, 0.5) is 13.2 Å². The van der Waals surface area contributed by atoms with E-state index in [9.17, 15) is 18.0 Å². The number of methoxy groups -OCH3 is 1. The van der Waals surface area contributed by atoms with Crippen LogP contribution < -0.4 is 4.74 Å². The molecule has 1 fully saturated rings. The number of carbonyl (C=O) groups is 1. The zero-order chi connectivity index (χ0) is 21.3. The molecule has 0 saturated carbocycles. The Balaban J connectivity index is 1.43. The maximum Gasteiger partial charge on any atom is 0.453 e. The lowest BCUT2D eigenvalue weighted by molar-refractivity contribution is -0.144. The van der Waals surface area contributed by atoms with E-state index in [1.54, 1.807) is 18.1 Å². The molecule has 0 spiro atoms. The summed E-state index contributed by atoms with van der Waals surface area (Å²) in [5.41, 5.74) is 1.53. The topological polar surface area (TPSA) is 72.6 Å². The van der Waals surface area contributed by atoms with Gasteiger partial charge >= 0.3 is 6.18 Å². The summed E-state index contributed by atoms with van der Waals surface area (Å²) >= 11 is 0. The minimum Gasteiger partial charge on any atom is -0.497 e. The van der Waals surface area contributed by atoms with Gasteiger partial charge in [-0.25, -0.2) is 9.50 Å². The zero-order valence-electron chi connectivity index (χ0n) is 16.3. The van der Waals surface area contributed by atoms with Crippen molar-refractivity contribution < 1.29 is 22.7 Å². The molecule has 1 aromatic carbocycles. The smallest absolute Gasteiger partial charge is 0.453 e. The average molecular weight is 419 g/mol. The Morgan fingerprint density at radius 2 is 1.87 bits per heavy atom. The summed E-state index contributed by atoms with van der Waals surface area (Å²) in [6.45, 7) is 1.06. The molecule has 0 radical (unpaired) electrons. The van der Waals surface area contributed by atoms with Gasteiger partial charge in [-0.1, -0.05) is 12.1 Å². The van der Waals surface area contributed by atoms with Crippen LogP contribution in [0.5, 0.6) is 5.75 Å². The molecule has 4 rings (SSSR count). The van der Waals surface area contributed by atoms with Crippen LogP contribution in [0.15, 0.2) is 36.5 Å². The summed E-state index contributed by atoms with van der Waals surface area (Å²) in [5.74, 6) is -0.535. The molecule has 1 aliphatic heterocycles. The number of ether oxygens (including phenoxy) is 1. The summed E-state index contributed by atoms with van der Waals surface area (Å²) in [6.07, 6.45) is -1.61. The van der Waals surface area contributed by atoms with Crippen molar-refractivity contribution in [1.82, 2.24) is 24.5 Å². The van der Waals surface area contributed by atoms with Crippen molar-refractivity contribution in [1.29, 1.82) is 0 Å². The number of nitrogens with zero attached hydrogens (tertiary/aromatic N) is 5. The Morgan fingerprint density at radius 3 is 2.50 bits per heavy atom. The fourth-order valence-electron chi connectivity index (χ4n) is 3.70. The molecule has 30 heavy (non-hydrogen) atoms. The van der Waals surface area contributed by atoms with Gasteiger partial charge in [-0.2, -0.15) is 18.2 Å². The molecule has 0 aliphatic carbocycles. The number of piperidine rings is 1. The van der Waals surface area contributed by atoms with Gasteiger partial charge in [0.05, 0.1) is 19.2 Å². The first kappa shape index (κ1) is 20.1. The van der Waals surface area contributed by atoms with Gasteiger partial charge < -0.3 is 9.64 Å². The van der Waals surface area contributed by atoms with Gasteiger partial charge in [0, 0.05) is 25.2 Å². The second-order valence-electron chi connectivity index (χ2n) is 7.19. The predicted octanol–water partition coefficient (Wildman–Crippen LogP) is 3.10. The van der Waals surface area contributed by atoms with E-state index in [4.69, 9.17) is 4.74 Å². The summed E-state index contributed by atoms with van der Waals surface area (Å²) in [7, 11) is 1.59. The molecule has 0 bridgehead atoms. The lowest BCUT2D eigenvalue weighted by atomic mass is 9.93. The largest absolute Gasteiger partial charge is 0.497 e. The quantitative estimate of drug-likeness (QED) is 0.650. The highest BCUT2D eigenvalue weighted by Crippen LogP contribution is 2.30. The molecule has 3 aromatic rings. The summed E-state index contributed by atoms with van der Waals surface area (Å²) in [5, 5.41) is 3.61. The number of benzene rings is 1. The van der Waals surface area contributed by atoms with E-state index in [0.29, 0.717) is 38.0 Å². The summed E-state index contributed by atoms with van der Waals surface area (Å²) in [6, 6.07) is 9.02. The molecule has 1 amide bonds. The van der Waals surface area contributed by atoms with Crippen LogP contribution in [0, 0.1) is 0 Å². The fraction of sp³-hybridized carbons (Fsp3) is 0.400. The number of hydrogen-bond acceptors (Lipinski definition) is 5. The second-order valence-corrected chi connectivity index (χ2v) is 7.19. The number of alkyl halides is 3. The number of hydrogen-bond donors (Lipinski definition) is 0. The van der Waals surface area contributed by atoms with Crippen molar-refractivity contribution in [3.05, 3.63) is 53.6 Å². The highest BCUT2D eigenvalue weighted by Gasteiger charge is 2.37. The molecule has 0 N–H and O–H groups in total. The Hall–Kier alpha value is -3.17. The van der Waals surface area contributed by atoms with Crippen molar-refractivity contribution in [2.75, 3.05) is 20.2 Å². The zero-order valence-corrected chi connectivity index (χ0v) is 16.3. The molecule has 0 unspecified atom stereocenters. The van der Waals surface area contributed by atoms with Crippen molar-refractivity contribution in [3.63, 3.8) is 0 Å². The molecule has 10 heteroatoms. The maximum atomic E-state index is 12.9. The average Bonchev–Trinajstić information content (AvgIpc) is 3.19. The lowest BCUT2D eigenvalue weighted by Gasteiger charge is -2.32. The number of carbonyl (C=O) groups excluding carboxylic acids is 1. The third-order valence-electron chi connectivity index (χ3n) is 5.30. The number of amides is 1. The first-order valence-electron chi connectivity index (χ1n) is 9.54. The fourth-order valence-corrected chi connectivity index (χ4v) is 3.70. The summed E-state index contributed by atoms with van der Waals surface area (Å²) in [4.78, 5) is 21.8. The Labute approximate surface area is 170 Å². The standard InChI is InChI=1S/C20H20F3N5O2/c1-30-15-4-2-13(3-5-15)12-17(29)27-10-7-14(8-11-27)16-6-9-24-19-25-18(20(21,22)23)26-28(16)19/h2-6,9,14H,7-8,10-12H2,1H3. The third-order valence-corrected chi connectivity index (χ3v) is 5.30. The molecule has 1 aliphatic rings. The van der Waals surface area contributed by atoms with Gasteiger partial charge in [-0.05, 0) is 36.6 Å². The number of rotatable bonds is 4. The van der Waals surface area contributed by atoms with Gasteiger partial charge in [0.15, 0.2) is 0 Å². The molecular weight excluding hydrogens is 399 g/mol. The highest BCUT2D eigenvalue weighted by molar-refractivity contribution is 5.79. The maximum absolute atomic E-state index is 12.9. The first-order valence-corrected chi connectivity index (χ1v) is 9.54. The van der Waals surface area contributed by atoms with Gasteiger partial charge in [-0.3, -0.25) is 4.79 Å². The molecule has 7 nitrogen and oxygen atoms in total.